The van der Waals surface area contributed by atoms with Crippen LogP contribution in [0.1, 0.15) is 45.4 Å². The molecular formula is C13H25N3O2. The number of amides is 2. The molecule has 1 saturated heterocycles. The molecule has 0 bridgehead atoms. The number of piperazine rings is 1. The van der Waals surface area contributed by atoms with Gasteiger partial charge in [0.15, 0.2) is 0 Å². The molecular weight excluding hydrogens is 230 g/mol. The van der Waals surface area contributed by atoms with Crippen molar-refractivity contribution in [2.45, 2.75) is 51.5 Å². The minimum absolute atomic E-state index is 0.0416. The van der Waals surface area contributed by atoms with Crippen LogP contribution in [0.2, 0.25) is 0 Å². The number of carbonyl (C=O) groups excluding carboxylic acids is 2. The van der Waals surface area contributed by atoms with E-state index in [1.165, 1.54) is 19.3 Å². The van der Waals surface area contributed by atoms with Gasteiger partial charge < -0.3 is 16.0 Å². The zero-order valence-electron chi connectivity index (χ0n) is 11.3. The van der Waals surface area contributed by atoms with E-state index in [1.54, 1.807) is 0 Å². The van der Waals surface area contributed by atoms with Crippen LogP contribution in [-0.4, -0.2) is 37.5 Å². The Hall–Kier alpha value is -1.10. The van der Waals surface area contributed by atoms with Crippen LogP contribution >= 0.6 is 0 Å². The van der Waals surface area contributed by atoms with E-state index in [1.807, 2.05) is 0 Å². The molecule has 0 radical (unpaired) electrons. The first-order chi connectivity index (χ1) is 8.74. The minimum atomic E-state index is -0.362. The average Bonchev–Trinajstić information content (AvgIpc) is 2.36. The molecule has 2 amide bonds. The van der Waals surface area contributed by atoms with E-state index in [9.17, 15) is 9.59 Å². The van der Waals surface area contributed by atoms with Crippen molar-refractivity contribution < 1.29 is 9.59 Å². The predicted octanol–water partition coefficient (Wildman–Crippen LogP) is 0.551. The molecule has 1 rings (SSSR count). The Morgan fingerprint density at radius 2 is 2.06 bits per heavy atom. The summed E-state index contributed by atoms with van der Waals surface area (Å²) in [5, 5.41) is 8.66. The predicted molar refractivity (Wildman–Crippen MR) is 71.2 cm³/mol. The third-order valence-electron chi connectivity index (χ3n) is 3.12. The van der Waals surface area contributed by atoms with Crippen LogP contribution < -0.4 is 16.0 Å². The standard InChI is InChI=1S/C13H25N3O2/c1-2-3-4-5-6-7-15-12(17)10-11-13(18)16-9-8-14-11/h11,14H,2-10H2,1H3,(H,15,17)(H,16,18). The molecule has 18 heavy (non-hydrogen) atoms. The molecule has 1 aliphatic heterocycles. The zero-order valence-corrected chi connectivity index (χ0v) is 11.3. The second-order valence-corrected chi connectivity index (χ2v) is 4.77. The topological polar surface area (TPSA) is 70.2 Å². The van der Waals surface area contributed by atoms with Crippen LogP contribution in [0, 0.1) is 0 Å². The van der Waals surface area contributed by atoms with Gasteiger partial charge in [-0.3, -0.25) is 9.59 Å². The van der Waals surface area contributed by atoms with Gasteiger partial charge in [-0.2, -0.15) is 0 Å². The Labute approximate surface area is 109 Å². The van der Waals surface area contributed by atoms with Gasteiger partial charge in [0.2, 0.25) is 11.8 Å². The van der Waals surface area contributed by atoms with E-state index in [0.29, 0.717) is 6.54 Å². The van der Waals surface area contributed by atoms with Crippen molar-refractivity contribution in [2.24, 2.45) is 0 Å². The normalized spacial score (nSPS) is 19.4. The van der Waals surface area contributed by atoms with Crippen LogP contribution in [0.25, 0.3) is 0 Å². The first kappa shape index (κ1) is 15.0. The quantitative estimate of drug-likeness (QED) is 0.555. The molecule has 3 N–H and O–H groups in total. The van der Waals surface area contributed by atoms with Crippen molar-refractivity contribution in [1.82, 2.24) is 16.0 Å². The summed E-state index contributed by atoms with van der Waals surface area (Å²) < 4.78 is 0. The monoisotopic (exact) mass is 255 g/mol. The Bertz CT molecular complexity index is 269. The molecule has 1 heterocycles. The van der Waals surface area contributed by atoms with Gasteiger partial charge in [-0.25, -0.2) is 0 Å². The molecule has 104 valence electrons. The van der Waals surface area contributed by atoms with Crippen LogP contribution in [0.15, 0.2) is 0 Å². The summed E-state index contributed by atoms with van der Waals surface area (Å²) in [6.45, 7) is 4.29. The lowest BCUT2D eigenvalue weighted by atomic mass is 10.1. The molecule has 1 aliphatic rings. The smallest absolute Gasteiger partial charge is 0.237 e. The van der Waals surface area contributed by atoms with Gasteiger partial charge in [0.1, 0.15) is 0 Å². The summed E-state index contributed by atoms with van der Waals surface area (Å²) in [4.78, 5) is 23.0. The Kier molecular flexibility index (Phi) is 7.41. The van der Waals surface area contributed by atoms with Gasteiger partial charge in [-0.1, -0.05) is 32.6 Å². The highest BCUT2D eigenvalue weighted by atomic mass is 16.2. The number of hydrogen-bond donors (Lipinski definition) is 3. The molecule has 1 fully saturated rings. The molecule has 0 aromatic heterocycles. The summed E-state index contributed by atoms with van der Waals surface area (Å²) in [5.74, 6) is -0.112. The van der Waals surface area contributed by atoms with Crippen molar-refractivity contribution in [1.29, 1.82) is 0 Å². The van der Waals surface area contributed by atoms with E-state index < -0.39 is 0 Å². The van der Waals surface area contributed by atoms with Crippen molar-refractivity contribution in [3.63, 3.8) is 0 Å². The van der Waals surface area contributed by atoms with E-state index in [-0.39, 0.29) is 24.3 Å². The fourth-order valence-electron chi connectivity index (χ4n) is 2.03. The van der Waals surface area contributed by atoms with Crippen LogP contribution in [0.5, 0.6) is 0 Å². The molecule has 0 saturated carbocycles. The highest BCUT2D eigenvalue weighted by molar-refractivity contribution is 5.88. The van der Waals surface area contributed by atoms with Crippen molar-refractivity contribution in [3.05, 3.63) is 0 Å². The first-order valence-corrected chi connectivity index (χ1v) is 7.02. The molecule has 0 aromatic carbocycles. The van der Waals surface area contributed by atoms with Gasteiger partial charge in [0.25, 0.3) is 0 Å². The summed E-state index contributed by atoms with van der Waals surface area (Å²) in [6, 6.07) is -0.362. The molecule has 1 unspecified atom stereocenters. The molecule has 0 aromatic rings. The van der Waals surface area contributed by atoms with Gasteiger partial charge in [-0.05, 0) is 6.42 Å². The summed E-state index contributed by atoms with van der Waals surface area (Å²) in [5.41, 5.74) is 0. The first-order valence-electron chi connectivity index (χ1n) is 7.02. The lowest BCUT2D eigenvalue weighted by Gasteiger charge is -2.22. The molecule has 0 aliphatic carbocycles. The van der Waals surface area contributed by atoms with E-state index in [0.717, 1.165) is 25.9 Å². The average molecular weight is 255 g/mol. The number of unbranched alkanes of at least 4 members (excludes halogenated alkanes) is 4. The summed E-state index contributed by atoms with van der Waals surface area (Å²) >= 11 is 0. The largest absolute Gasteiger partial charge is 0.356 e. The van der Waals surface area contributed by atoms with Crippen LogP contribution in [0.3, 0.4) is 0 Å². The number of rotatable bonds is 8. The maximum atomic E-state index is 11.6. The Balaban J connectivity index is 2.04. The second kappa shape index (κ2) is 8.91. The molecule has 5 heteroatoms. The van der Waals surface area contributed by atoms with E-state index >= 15 is 0 Å². The second-order valence-electron chi connectivity index (χ2n) is 4.77. The van der Waals surface area contributed by atoms with Crippen LogP contribution in [0.4, 0.5) is 0 Å². The fraction of sp³-hybridized carbons (Fsp3) is 0.846. The lowest BCUT2D eigenvalue weighted by molar-refractivity contribution is -0.129. The Morgan fingerprint density at radius 3 is 2.78 bits per heavy atom. The summed E-state index contributed by atoms with van der Waals surface area (Å²) in [7, 11) is 0. The van der Waals surface area contributed by atoms with E-state index in [2.05, 4.69) is 22.9 Å². The number of nitrogens with one attached hydrogen (secondary N) is 3. The van der Waals surface area contributed by atoms with Crippen molar-refractivity contribution in [2.75, 3.05) is 19.6 Å². The SMILES string of the molecule is CCCCCCCNC(=O)CC1NCCNC1=O. The highest BCUT2D eigenvalue weighted by Gasteiger charge is 2.23. The van der Waals surface area contributed by atoms with Crippen molar-refractivity contribution >= 4 is 11.8 Å². The molecule has 1 atom stereocenters. The Morgan fingerprint density at radius 1 is 1.28 bits per heavy atom. The third-order valence-corrected chi connectivity index (χ3v) is 3.12. The fourth-order valence-corrected chi connectivity index (χ4v) is 2.03. The molecule has 5 nitrogen and oxygen atoms in total. The van der Waals surface area contributed by atoms with Gasteiger partial charge in [-0.15, -0.1) is 0 Å². The summed E-state index contributed by atoms with van der Waals surface area (Å²) in [6.07, 6.45) is 6.15. The van der Waals surface area contributed by atoms with Gasteiger partial charge in [0.05, 0.1) is 12.5 Å². The third kappa shape index (κ3) is 6.00. The maximum Gasteiger partial charge on any atom is 0.237 e. The minimum Gasteiger partial charge on any atom is -0.356 e. The van der Waals surface area contributed by atoms with Gasteiger partial charge in [0, 0.05) is 19.6 Å². The number of hydrogen-bond acceptors (Lipinski definition) is 3. The molecule has 0 spiro atoms. The highest BCUT2D eigenvalue weighted by Crippen LogP contribution is 2.01. The zero-order chi connectivity index (χ0) is 13.2. The lowest BCUT2D eigenvalue weighted by Crippen LogP contribution is -2.54. The number of carbonyl (C=O) groups is 2. The maximum absolute atomic E-state index is 11.6. The van der Waals surface area contributed by atoms with Crippen molar-refractivity contribution in [3.8, 4) is 0 Å². The van der Waals surface area contributed by atoms with E-state index in [4.69, 9.17) is 0 Å². The van der Waals surface area contributed by atoms with Gasteiger partial charge >= 0.3 is 0 Å². The van der Waals surface area contributed by atoms with Crippen LogP contribution in [-0.2, 0) is 9.59 Å².